The van der Waals surface area contributed by atoms with Gasteiger partial charge in [-0.15, -0.1) is 0 Å². The monoisotopic (exact) mass is 356 g/mol. The second-order valence-electron chi connectivity index (χ2n) is 3.53. The van der Waals surface area contributed by atoms with E-state index in [1.165, 1.54) is 0 Å². The molecule has 1 aliphatic rings. The van der Waals surface area contributed by atoms with Crippen molar-refractivity contribution in [2.75, 3.05) is 0 Å². The van der Waals surface area contributed by atoms with Crippen LogP contribution in [0.25, 0.3) is 0 Å². The van der Waals surface area contributed by atoms with Crippen molar-refractivity contribution in [3.8, 4) is 0 Å². The van der Waals surface area contributed by atoms with Gasteiger partial charge in [-0.05, 0) is 28.8 Å². The second kappa shape index (κ2) is 4.50. The van der Waals surface area contributed by atoms with Crippen molar-refractivity contribution in [3.63, 3.8) is 0 Å². The molecule has 0 radical (unpaired) electrons. The van der Waals surface area contributed by atoms with Crippen LogP contribution in [0.4, 0.5) is 13.2 Å². The summed E-state index contributed by atoms with van der Waals surface area (Å²) < 4.78 is 39.4. The number of alkyl halides is 6. The van der Waals surface area contributed by atoms with E-state index < -0.39 is 15.9 Å². The molecule has 0 unspecified atom stereocenters. The highest BCUT2D eigenvalue weighted by atomic mass is 79.9. The number of hydrogen-bond acceptors (Lipinski definition) is 0. The minimum Gasteiger partial charge on any atom is -0.218 e. The topological polar surface area (TPSA) is 0 Å². The lowest BCUT2D eigenvalue weighted by Gasteiger charge is -2.37. The minimum absolute atomic E-state index is 0.276. The molecule has 0 heterocycles. The van der Waals surface area contributed by atoms with E-state index in [1.54, 1.807) is 0 Å². The van der Waals surface area contributed by atoms with Crippen LogP contribution in [-0.4, -0.2) is 14.8 Å². The Morgan fingerprint density at radius 3 is 2.07 bits per heavy atom. The van der Waals surface area contributed by atoms with E-state index in [0.717, 1.165) is 12.8 Å². The summed E-state index contributed by atoms with van der Waals surface area (Å²) in [5.74, 6) is -0.854. The SMILES string of the molecule is FC(F)(Br)[C@](F)(Cl)[C@@H]1CCCC[C@@H]1Br. The van der Waals surface area contributed by atoms with Crippen LogP contribution in [0, 0.1) is 5.92 Å². The Morgan fingerprint density at radius 1 is 1.14 bits per heavy atom. The van der Waals surface area contributed by atoms with Gasteiger partial charge in [-0.2, -0.15) is 8.78 Å². The number of rotatable bonds is 2. The molecular weight excluding hydrogens is 348 g/mol. The van der Waals surface area contributed by atoms with Gasteiger partial charge in [-0.1, -0.05) is 40.4 Å². The van der Waals surface area contributed by atoms with Crippen LogP contribution in [0.5, 0.6) is 0 Å². The lowest BCUT2D eigenvalue weighted by atomic mass is 9.85. The zero-order valence-electron chi connectivity index (χ0n) is 7.25. The van der Waals surface area contributed by atoms with E-state index in [0.29, 0.717) is 12.8 Å². The molecule has 1 fully saturated rings. The summed E-state index contributed by atoms with van der Waals surface area (Å²) in [6, 6.07) is 0. The first-order valence-corrected chi connectivity index (χ1v) is 6.44. The summed E-state index contributed by atoms with van der Waals surface area (Å²) in [7, 11) is 0. The second-order valence-corrected chi connectivity index (χ2v) is 6.25. The van der Waals surface area contributed by atoms with Crippen molar-refractivity contribution < 1.29 is 13.2 Å². The van der Waals surface area contributed by atoms with E-state index in [4.69, 9.17) is 11.6 Å². The standard InChI is InChI=1S/C8H10Br2ClF3/c9-6-4-2-1-3-5(6)7(11,12)8(10,13)14/h5-6H,1-4H2/t5-,6+,7+/m1/s1. The van der Waals surface area contributed by atoms with Crippen molar-refractivity contribution in [2.24, 2.45) is 5.92 Å². The van der Waals surface area contributed by atoms with Crippen LogP contribution < -0.4 is 0 Å². The normalized spacial score (nSPS) is 33.9. The molecule has 0 nitrogen and oxygen atoms in total. The molecule has 0 saturated heterocycles. The third-order valence-corrected chi connectivity index (χ3v) is 4.94. The van der Waals surface area contributed by atoms with E-state index in [2.05, 4.69) is 15.9 Å². The van der Waals surface area contributed by atoms with Crippen molar-refractivity contribution in [2.45, 2.75) is 40.5 Å². The van der Waals surface area contributed by atoms with Gasteiger partial charge in [0.2, 0.25) is 0 Å². The fourth-order valence-electron chi connectivity index (χ4n) is 1.70. The number of halogens is 6. The van der Waals surface area contributed by atoms with Gasteiger partial charge in [0, 0.05) is 10.7 Å². The highest BCUT2D eigenvalue weighted by Gasteiger charge is 2.58. The molecule has 0 amide bonds. The molecule has 1 rings (SSSR count). The van der Waals surface area contributed by atoms with Crippen LogP contribution in [-0.2, 0) is 0 Å². The number of hydrogen-bond donors (Lipinski definition) is 0. The molecular formula is C8H10Br2ClF3. The first-order chi connectivity index (χ1) is 6.27. The van der Waals surface area contributed by atoms with E-state index in [-0.39, 0.29) is 4.83 Å². The highest BCUT2D eigenvalue weighted by molar-refractivity contribution is 9.10. The first kappa shape index (κ1) is 13.1. The average Bonchev–Trinajstić information content (AvgIpc) is 2.02. The highest BCUT2D eigenvalue weighted by Crippen LogP contribution is 2.52. The van der Waals surface area contributed by atoms with Crippen LogP contribution in [0.15, 0.2) is 0 Å². The molecule has 0 aromatic heterocycles. The van der Waals surface area contributed by atoms with E-state index >= 15 is 0 Å². The summed E-state index contributed by atoms with van der Waals surface area (Å²) in [6.07, 6.45) is 2.74. The zero-order chi connectivity index (χ0) is 11.0. The van der Waals surface area contributed by atoms with Crippen molar-refractivity contribution in [3.05, 3.63) is 0 Å². The summed E-state index contributed by atoms with van der Waals surface area (Å²) in [5.41, 5.74) is 0. The third-order valence-electron chi connectivity index (χ3n) is 2.53. The van der Waals surface area contributed by atoms with Crippen LogP contribution in [0.2, 0.25) is 0 Å². The van der Waals surface area contributed by atoms with Crippen LogP contribution in [0.1, 0.15) is 25.7 Å². The summed E-state index contributed by atoms with van der Waals surface area (Å²) >= 11 is 10.5. The predicted molar refractivity (Wildman–Crippen MR) is 58.2 cm³/mol. The molecule has 0 bridgehead atoms. The largest absolute Gasteiger partial charge is 0.348 e. The maximum atomic E-state index is 13.7. The minimum atomic E-state index is -3.68. The Balaban J connectivity index is 2.79. The zero-order valence-corrected chi connectivity index (χ0v) is 11.2. The molecule has 1 saturated carbocycles. The molecule has 0 aromatic rings. The van der Waals surface area contributed by atoms with Gasteiger partial charge in [0.15, 0.2) is 0 Å². The lowest BCUT2D eigenvalue weighted by Crippen LogP contribution is -2.46. The summed E-state index contributed by atoms with van der Waals surface area (Å²) in [6.45, 7) is 0. The van der Waals surface area contributed by atoms with Gasteiger partial charge in [-0.25, -0.2) is 4.39 Å². The van der Waals surface area contributed by atoms with E-state index in [1.807, 2.05) is 15.9 Å². The Morgan fingerprint density at radius 2 is 1.64 bits per heavy atom. The van der Waals surface area contributed by atoms with Crippen LogP contribution in [0.3, 0.4) is 0 Å². The first-order valence-electron chi connectivity index (χ1n) is 4.35. The molecule has 84 valence electrons. The maximum absolute atomic E-state index is 13.7. The smallest absolute Gasteiger partial charge is 0.218 e. The summed E-state index contributed by atoms with van der Waals surface area (Å²) in [4.78, 5) is -3.96. The Labute approximate surface area is 103 Å². The van der Waals surface area contributed by atoms with Gasteiger partial charge in [0.1, 0.15) is 0 Å². The fraction of sp³-hybridized carbons (Fsp3) is 1.00. The van der Waals surface area contributed by atoms with Crippen molar-refractivity contribution >= 4 is 43.5 Å². The molecule has 14 heavy (non-hydrogen) atoms. The molecule has 3 atom stereocenters. The lowest BCUT2D eigenvalue weighted by molar-refractivity contribution is -0.0447. The molecule has 6 heteroatoms. The van der Waals surface area contributed by atoms with Gasteiger partial charge in [-0.3, -0.25) is 0 Å². The third kappa shape index (κ3) is 2.59. The average molecular weight is 358 g/mol. The molecule has 1 aliphatic carbocycles. The molecule has 0 N–H and O–H groups in total. The Hall–Kier alpha value is 1.04. The van der Waals surface area contributed by atoms with Crippen molar-refractivity contribution in [1.29, 1.82) is 0 Å². The van der Waals surface area contributed by atoms with Gasteiger partial charge in [0.25, 0.3) is 5.13 Å². The van der Waals surface area contributed by atoms with E-state index in [9.17, 15) is 13.2 Å². The van der Waals surface area contributed by atoms with Crippen molar-refractivity contribution in [1.82, 2.24) is 0 Å². The Kier molecular flexibility index (Phi) is 4.21. The predicted octanol–water partition coefficient (Wildman–Crippen LogP) is 4.83. The summed E-state index contributed by atoms with van der Waals surface area (Å²) in [5, 5.41) is -3.01. The van der Waals surface area contributed by atoms with Gasteiger partial charge < -0.3 is 0 Å². The molecule has 0 spiro atoms. The van der Waals surface area contributed by atoms with Gasteiger partial charge in [0.05, 0.1) is 0 Å². The maximum Gasteiger partial charge on any atom is 0.348 e. The van der Waals surface area contributed by atoms with Gasteiger partial charge >= 0.3 is 4.83 Å². The fourth-order valence-corrected chi connectivity index (χ4v) is 3.36. The Bertz CT molecular complexity index is 205. The molecule has 0 aromatic carbocycles. The molecule has 0 aliphatic heterocycles. The van der Waals surface area contributed by atoms with Crippen LogP contribution >= 0.6 is 43.5 Å². The quantitative estimate of drug-likeness (QED) is 0.620.